The van der Waals surface area contributed by atoms with E-state index in [4.69, 9.17) is 0 Å². The molecule has 0 bridgehead atoms. The van der Waals surface area contributed by atoms with Gasteiger partial charge < -0.3 is 10.6 Å². The molecule has 3 aromatic rings. The van der Waals surface area contributed by atoms with Crippen molar-refractivity contribution in [1.29, 1.82) is 0 Å². The number of nitrogens with zero attached hydrogens (tertiary/aromatic N) is 1. The largest absolute Gasteiger partial charge is 0.321 e. The van der Waals surface area contributed by atoms with Crippen molar-refractivity contribution >= 4 is 22.5 Å². The fourth-order valence-corrected chi connectivity index (χ4v) is 3.57. The van der Waals surface area contributed by atoms with Crippen LogP contribution in [-0.2, 0) is 0 Å². The Hall–Kier alpha value is -2.66. The zero-order valence-corrected chi connectivity index (χ0v) is 14.5. The van der Waals surface area contributed by atoms with Gasteiger partial charge in [0, 0.05) is 23.0 Å². The highest BCUT2D eigenvalue weighted by atomic mass is 16.1. The summed E-state index contributed by atoms with van der Waals surface area (Å²) in [4.78, 5) is 12.5. The lowest BCUT2D eigenvalue weighted by Gasteiger charge is -2.06. The van der Waals surface area contributed by atoms with Gasteiger partial charge in [0.05, 0.1) is 5.52 Å². The van der Waals surface area contributed by atoms with Crippen LogP contribution in [0, 0.1) is 5.92 Å². The molecule has 5 rings (SSSR count). The summed E-state index contributed by atoms with van der Waals surface area (Å²) in [5.74, 6) is 1.35. The third-order valence-electron chi connectivity index (χ3n) is 5.44. The quantitative estimate of drug-likeness (QED) is 0.638. The number of rotatable bonds is 6. The molecular formula is C21H22N4O. The van der Waals surface area contributed by atoms with E-state index in [1.54, 1.807) is 0 Å². The number of anilines is 1. The Balaban J connectivity index is 1.23. The fraction of sp³-hybridized carbons (Fsp3) is 0.333. The van der Waals surface area contributed by atoms with Gasteiger partial charge in [-0.25, -0.2) is 0 Å². The number of hydrogen-bond donors (Lipinski definition) is 3. The van der Waals surface area contributed by atoms with E-state index in [-0.39, 0.29) is 5.91 Å². The summed E-state index contributed by atoms with van der Waals surface area (Å²) in [6.45, 7) is 1.17. The van der Waals surface area contributed by atoms with Crippen LogP contribution in [0.3, 0.4) is 0 Å². The summed E-state index contributed by atoms with van der Waals surface area (Å²) < 4.78 is 0. The first-order chi connectivity index (χ1) is 12.8. The van der Waals surface area contributed by atoms with E-state index in [0.29, 0.717) is 17.7 Å². The van der Waals surface area contributed by atoms with Crippen molar-refractivity contribution in [3.8, 4) is 0 Å². The molecule has 0 radical (unpaired) electrons. The minimum Gasteiger partial charge on any atom is -0.321 e. The number of aromatic nitrogens is 2. The Bertz CT molecular complexity index is 942. The van der Waals surface area contributed by atoms with Crippen molar-refractivity contribution in [3.63, 3.8) is 0 Å². The molecule has 1 heterocycles. The molecule has 2 atom stereocenters. The van der Waals surface area contributed by atoms with Crippen molar-refractivity contribution < 1.29 is 4.79 Å². The lowest BCUT2D eigenvalue weighted by Crippen LogP contribution is -2.20. The van der Waals surface area contributed by atoms with Crippen molar-refractivity contribution in [2.24, 2.45) is 5.92 Å². The van der Waals surface area contributed by atoms with E-state index < -0.39 is 0 Å². The summed E-state index contributed by atoms with van der Waals surface area (Å²) in [5, 5.41) is 14.5. The molecule has 2 aromatic carbocycles. The Labute approximate surface area is 152 Å². The number of fused-ring (bicyclic) bond motifs is 1. The number of carbonyl (C=O) groups excluding carboxylic acids is 1. The predicted molar refractivity (Wildman–Crippen MR) is 102 cm³/mol. The van der Waals surface area contributed by atoms with Crippen LogP contribution in [0.15, 0.2) is 48.5 Å². The van der Waals surface area contributed by atoms with Crippen LogP contribution in [-0.4, -0.2) is 28.7 Å². The molecule has 26 heavy (non-hydrogen) atoms. The second-order valence-corrected chi connectivity index (χ2v) is 7.49. The maximum Gasteiger partial charge on any atom is 0.276 e. The highest BCUT2D eigenvalue weighted by Crippen LogP contribution is 2.41. The van der Waals surface area contributed by atoms with E-state index in [0.717, 1.165) is 22.5 Å². The van der Waals surface area contributed by atoms with Crippen LogP contribution in [0.2, 0.25) is 0 Å². The molecule has 2 aliphatic rings. The molecule has 2 aliphatic carbocycles. The first-order valence-corrected chi connectivity index (χ1v) is 9.36. The minimum absolute atomic E-state index is 0.189. The smallest absolute Gasteiger partial charge is 0.276 e. The SMILES string of the molecule is O=C(Nc1ccc(C2CC2NCC2CC2)cc1)c1n[nH]c2ccccc12. The second-order valence-electron chi connectivity index (χ2n) is 7.49. The standard InChI is InChI=1S/C21H22N4O/c26-21(20-16-3-1-2-4-18(16)24-25-20)23-15-9-7-14(8-10-15)17-11-19(17)22-12-13-5-6-13/h1-4,7-10,13,17,19,22H,5-6,11-12H2,(H,23,26)(H,24,25). The van der Waals surface area contributed by atoms with Crippen LogP contribution < -0.4 is 10.6 Å². The Morgan fingerprint density at radius 2 is 1.92 bits per heavy atom. The first-order valence-electron chi connectivity index (χ1n) is 9.36. The molecule has 132 valence electrons. The lowest BCUT2D eigenvalue weighted by atomic mass is 10.1. The number of amides is 1. The summed E-state index contributed by atoms with van der Waals surface area (Å²) in [7, 11) is 0. The molecule has 0 aliphatic heterocycles. The number of benzene rings is 2. The lowest BCUT2D eigenvalue weighted by molar-refractivity contribution is 0.102. The molecular weight excluding hydrogens is 324 g/mol. The van der Waals surface area contributed by atoms with Crippen LogP contribution in [0.25, 0.3) is 10.9 Å². The number of aromatic amines is 1. The molecule has 1 amide bonds. The molecule has 0 saturated heterocycles. The minimum atomic E-state index is -0.189. The Morgan fingerprint density at radius 3 is 2.73 bits per heavy atom. The third kappa shape index (κ3) is 3.10. The normalized spacial score (nSPS) is 21.7. The maximum atomic E-state index is 12.5. The van der Waals surface area contributed by atoms with E-state index in [9.17, 15) is 4.79 Å². The van der Waals surface area contributed by atoms with Gasteiger partial charge in [-0.3, -0.25) is 9.89 Å². The highest BCUT2D eigenvalue weighted by molar-refractivity contribution is 6.11. The number of hydrogen-bond acceptors (Lipinski definition) is 3. The first kappa shape index (κ1) is 15.6. The predicted octanol–water partition coefficient (Wildman–Crippen LogP) is 3.67. The van der Waals surface area contributed by atoms with Crippen LogP contribution in [0.5, 0.6) is 0 Å². The zero-order valence-electron chi connectivity index (χ0n) is 14.5. The topological polar surface area (TPSA) is 69.8 Å². The summed E-state index contributed by atoms with van der Waals surface area (Å²) in [6, 6.07) is 16.5. The molecule has 5 heteroatoms. The number of nitrogens with one attached hydrogen (secondary N) is 3. The Morgan fingerprint density at radius 1 is 1.12 bits per heavy atom. The van der Waals surface area contributed by atoms with Crippen molar-refractivity contribution in [2.75, 3.05) is 11.9 Å². The van der Waals surface area contributed by atoms with Gasteiger partial charge in [0.15, 0.2) is 5.69 Å². The van der Waals surface area contributed by atoms with Crippen LogP contribution in [0.1, 0.15) is 41.2 Å². The molecule has 3 N–H and O–H groups in total. The van der Waals surface area contributed by atoms with Gasteiger partial charge in [-0.2, -0.15) is 5.10 Å². The monoisotopic (exact) mass is 346 g/mol. The zero-order chi connectivity index (χ0) is 17.5. The van der Waals surface area contributed by atoms with Crippen molar-refractivity contribution in [1.82, 2.24) is 15.5 Å². The van der Waals surface area contributed by atoms with Crippen LogP contribution in [0.4, 0.5) is 5.69 Å². The third-order valence-corrected chi connectivity index (χ3v) is 5.44. The van der Waals surface area contributed by atoms with E-state index >= 15 is 0 Å². The highest BCUT2D eigenvalue weighted by Gasteiger charge is 2.38. The van der Waals surface area contributed by atoms with E-state index in [2.05, 4.69) is 33.0 Å². The van der Waals surface area contributed by atoms with Gasteiger partial charge in [-0.15, -0.1) is 0 Å². The van der Waals surface area contributed by atoms with E-state index in [1.165, 1.54) is 31.4 Å². The van der Waals surface area contributed by atoms with Gasteiger partial charge in [0.1, 0.15) is 0 Å². The van der Waals surface area contributed by atoms with Gasteiger partial charge in [-0.05, 0) is 55.5 Å². The molecule has 2 saturated carbocycles. The maximum absolute atomic E-state index is 12.5. The molecule has 5 nitrogen and oxygen atoms in total. The number of para-hydroxylation sites is 1. The Kier molecular flexibility index (Phi) is 3.75. The number of carbonyl (C=O) groups is 1. The van der Waals surface area contributed by atoms with Gasteiger partial charge in [0.2, 0.25) is 0 Å². The average molecular weight is 346 g/mol. The van der Waals surface area contributed by atoms with Crippen molar-refractivity contribution in [2.45, 2.75) is 31.2 Å². The van der Waals surface area contributed by atoms with Gasteiger partial charge >= 0.3 is 0 Å². The van der Waals surface area contributed by atoms with Crippen LogP contribution >= 0.6 is 0 Å². The summed E-state index contributed by atoms with van der Waals surface area (Å²) >= 11 is 0. The van der Waals surface area contributed by atoms with E-state index in [1.807, 2.05) is 36.4 Å². The molecule has 1 aromatic heterocycles. The molecule has 2 unspecified atom stereocenters. The molecule has 2 fully saturated rings. The van der Waals surface area contributed by atoms with Gasteiger partial charge in [-0.1, -0.05) is 30.3 Å². The number of H-pyrrole nitrogens is 1. The van der Waals surface area contributed by atoms with Gasteiger partial charge in [0.25, 0.3) is 5.91 Å². The van der Waals surface area contributed by atoms with Crippen molar-refractivity contribution in [3.05, 3.63) is 59.8 Å². The molecule has 0 spiro atoms. The fourth-order valence-electron chi connectivity index (χ4n) is 3.57. The average Bonchev–Trinajstić information content (AvgIpc) is 3.58. The summed E-state index contributed by atoms with van der Waals surface area (Å²) in [5.41, 5.74) is 3.44. The summed E-state index contributed by atoms with van der Waals surface area (Å²) in [6.07, 6.45) is 4.01. The second kappa shape index (κ2) is 6.25.